The Kier molecular flexibility index (Phi) is 13.3. The van der Waals surface area contributed by atoms with Gasteiger partial charge in [-0.1, -0.05) is 54.2 Å². The number of ether oxygens (including phenoxy) is 1. The van der Waals surface area contributed by atoms with Crippen LogP contribution >= 0.6 is 48.2 Å². The molecule has 1 heterocycles. The van der Waals surface area contributed by atoms with Gasteiger partial charge in [0.2, 0.25) is 0 Å². The Morgan fingerprint density at radius 3 is 2.39 bits per heavy atom. The molecule has 2 aromatic rings. The van der Waals surface area contributed by atoms with E-state index >= 15 is 0 Å². The molecular formula is C22H30Cl3N3O2S. The molecule has 2 aromatic carbocycles. The predicted octanol–water partition coefficient (Wildman–Crippen LogP) is 5.75. The topological polar surface area (TPSA) is 44.8 Å². The third-order valence-corrected chi connectivity index (χ3v) is 6.38. The number of rotatable bonds is 8. The molecule has 172 valence electrons. The second kappa shape index (κ2) is 14.8. The summed E-state index contributed by atoms with van der Waals surface area (Å²) in [7, 11) is 1.60. The molecule has 1 aliphatic heterocycles. The smallest absolute Gasteiger partial charge is 0.283 e. The van der Waals surface area contributed by atoms with Gasteiger partial charge in [-0.3, -0.25) is 9.69 Å². The van der Waals surface area contributed by atoms with Gasteiger partial charge in [-0.15, -0.1) is 36.4 Å². The predicted molar refractivity (Wildman–Crippen MR) is 137 cm³/mol. The Hall–Kier alpha value is -1.15. The summed E-state index contributed by atoms with van der Waals surface area (Å²) < 4.78 is 5.26. The number of alkyl halides is 1. The van der Waals surface area contributed by atoms with E-state index in [-0.39, 0.29) is 35.6 Å². The molecule has 1 N–H and O–H groups in total. The van der Waals surface area contributed by atoms with Gasteiger partial charge in [-0.05, 0) is 30.7 Å². The zero-order chi connectivity index (χ0) is 20.5. The Balaban J connectivity index is 0.00000240. The summed E-state index contributed by atoms with van der Waals surface area (Å²) in [6.45, 7) is 4.94. The third kappa shape index (κ3) is 8.72. The number of benzene rings is 2. The molecule has 0 spiro atoms. The van der Waals surface area contributed by atoms with Crippen LogP contribution < -0.4 is 10.1 Å². The van der Waals surface area contributed by atoms with Gasteiger partial charge in [-0.25, -0.2) is 0 Å². The van der Waals surface area contributed by atoms with Crippen LogP contribution in [-0.2, 0) is 0 Å². The van der Waals surface area contributed by atoms with E-state index in [4.69, 9.17) is 16.3 Å². The lowest BCUT2D eigenvalue weighted by Crippen LogP contribution is -2.46. The SMILES string of the molecule is COc1ccccc1NC(=O)SCCCN1CCN(C(Cl)c2ccccc2)CC1.Cl.Cl. The molecule has 1 unspecified atom stereocenters. The number of nitrogens with zero attached hydrogens (tertiary/aromatic N) is 2. The van der Waals surface area contributed by atoms with Crippen LogP contribution in [0.15, 0.2) is 54.6 Å². The van der Waals surface area contributed by atoms with E-state index in [2.05, 4.69) is 27.2 Å². The van der Waals surface area contributed by atoms with Crippen molar-refractivity contribution in [1.82, 2.24) is 9.80 Å². The first-order chi connectivity index (χ1) is 14.2. The zero-order valence-corrected chi connectivity index (χ0v) is 20.7. The lowest BCUT2D eigenvalue weighted by Gasteiger charge is -2.37. The number of anilines is 1. The van der Waals surface area contributed by atoms with E-state index in [1.807, 2.05) is 42.5 Å². The number of halogens is 3. The summed E-state index contributed by atoms with van der Waals surface area (Å²) in [6.07, 6.45) is 0.979. The monoisotopic (exact) mass is 505 g/mol. The average molecular weight is 507 g/mol. The number of amides is 1. The van der Waals surface area contributed by atoms with Crippen molar-refractivity contribution >= 4 is 59.1 Å². The molecule has 3 rings (SSSR count). The molecule has 1 atom stereocenters. The number of methoxy groups -OCH3 is 1. The highest BCUT2D eigenvalue weighted by Gasteiger charge is 2.23. The van der Waals surface area contributed by atoms with Crippen LogP contribution in [0.25, 0.3) is 0 Å². The maximum atomic E-state index is 12.1. The van der Waals surface area contributed by atoms with E-state index in [9.17, 15) is 4.79 Å². The Morgan fingerprint density at radius 1 is 1.06 bits per heavy atom. The van der Waals surface area contributed by atoms with Gasteiger partial charge in [0.25, 0.3) is 5.24 Å². The van der Waals surface area contributed by atoms with E-state index in [1.54, 1.807) is 7.11 Å². The largest absolute Gasteiger partial charge is 0.495 e. The molecular weight excluding hydrogens is 477 g/mol. The van der Waals surface area contributed by atoms with Gasteiger partial charge in [0.05, 0.1) is 12.8 Å². The van der Waals surface area contributed by atoms with E-state index in [0.29, 0.717) is 11.4 Å². The minimum absolute atomic E-state index is 0. The summed E-state index contributed by atoms with van der Waals surface area (Å²) in [5, 5.41) is 2.85. The fourth-order valence-electron chi connectivity index (χ4n) is 3.38. The standard InChI is InChI=1S/C22H28ClN3O2S.2ClH/c1-28-20-11-6-5-10-19(20)24-22(27)29-17-7-12-25-13-15-26(16-14-25)21(23)18-8-3-2-4-9-18;;/h2-6,8-11,21H,7,12-17H2,1H3,(H,24,27);2*1H. The molecule has 0 saturated carbocycles. The van der Waals surface area contributed by atoms with E-state index < -0.39 is 0 Å². The maximum absolute atomic E-state index is 12.1. The fraction of sp³-hybridized carbons (Fsp3) is 0.409. The van der Waals surface area contributed by atoms with Crippen LogP contribution in [0.2, 0.25) is 0 Å². The molecule has 0 aliphatic carbocycles. The number of thioether (sulfide) groups is 1. The zero-order valence-electron chi connectivity index (χ0n) is 17.5. The van der Waals surface area contributed by atoms with Gasteiger partial charge in [0, 0.05) is 31.9 Å². The highest BCUT2D eigenvalue weighted by atomic mass is 35.5. The van der Waals surface area contributed by atoms with Gasteiger partial charge in [0.15, 0.2) is 0 Å². The Bertz CT molecular complexity index is 778. The van der Waals surface area contributed by atoms with Crippen molar-refractivity contribution < 1.29 is 9.53 Å². The van der Waals surface area contributed by atoms with Gasteiger partial charge >= 0.3 is 0 Å². The van der Waals surface area contributed by atoms with Crippen molar-refractivity contribution in [3.05, 3.63) is 60.2 Å². The second-order valence-corrected chi connectivity index (χ2v) is 8.42. The minimum atomic E-state index is -0.0624. The van der Waals surface area contributed by atoms with Crippen LogP contribution in [0.4, 0.5) is 10.5 Å². The number of nitrogens with one attached hydrogen (secondary N) is 1. The Labute approximate surface area is 206 Å². The van der Waals surface area contributed by atoms with E-state index in [0.717, 1.165) is 50.5 Å². The van der Waals surface area contributed by atoms with Crippen LogP contribution in [0.3, 0.4) is 0 Å². The molecule has 1 saturated heterocycles. The molecule has 0 radical (unpaired) electrons. The number of carbonyl (C=O) groups excluding carboxylic acids is 1. The summed E-state index contributed by atoms with van der Waals surface area (Å²) in [5.41, 5.74) is 1.80. The highest BCUT2D eigenvalue weighted by molar-refractivity contribution is 8.13. The van der Waals surface area contributed by atoms with Crippen LogP contribution in [-0.4, -0.2) is 60.6 Å². The fourth-order valence-corrected chi connectivity index (χ4v) is 4.36. The van der Waals surface area contributed by atoms with Gasteiger partial charge < -0.3 is 15.0 Å². The summed E-state index contributed by atoms with van der Waals surface area (Å²) >= 11 is 7.95. The van der Waals surface area contributed by atoms with E-state index in [1.165, 1.54) is 11.8 Å². The first-order valence-corrected chi connectivity index (χ1v) is 11.3. The molecule has 31 heavy (non-hydrogen) atoms. The first kappa shape index (κ1) is 27.9. The molecule has 1 amide bonds. The minimum Gasteiger partial charge on any atom is -0.495 e. The molecule has 0 aromatic heterocycles. The lowest BCUT2D eigenvalue weighted by atomic mass is 10.2. The second-order valence-electron chi connectivity index (χ2n) is 6.94. The van der Waals surface area contributed by atoms with Crippen LogP contribution in [0, 0.1) is 0 Å². The summed E-state index contributed by atoms with van der Waals surface area (Å²) in [5.74, 6) is 1.47. The van der Waals surface area contributed by atoms with Gasteiger partial charge in [0.1, 0.15) is 11.3 Å². The van der Waals surface area contributed by atoms with Crippen molar-refractivity contribution in [3.63, 3.8) is 0 Å². The average Bonchev–Trinajstić information content (AvgIpc) is 2.77. The van der Waals surface area contributed by atoms with Crippen LogP contribution in [0.1, 0.15) is 17.5 Å². The highest BCUT2D eigenvalue weighted by Crippen LogP contribution is 2.26. The first-order valence-electron chi connectivity index (χ1n) is 9.89. The van der Waals surface area contributed by atoms with Crippen molar-refractivity contribution in [2.45, 2.75) is 11.9 Å². The number of piperazine rings is 1. The summed E-state index contributed by atoms with van der Waals surface area (Å²) in [4.78, 5) is 16.9. The van der Waals surface area contributed by atoms with Crippen LogP contribution in [0.5, 0.6) is 5.75 Å². The number of carbonyl (C=O) groups is 1. The van der Waals surface area contributed by atoms with Gasteiger partial charge in [-0.2, -0.15) is 0 Å². The lowest BCUT2D eigenvalue weighted by molar-refractivity contribution is 0.122. The molecule has 5 nitrogen and oxygen atoms in total. The third-order valence-electron chi connectivity index (χ3n) is 5.00. The molecule has 1 aliphatic rings. The molecule has 9 heteroatoms. The quantitative estimate of drug-likeness (QED) is 0.281. The number of para-hydroxylation sites is 2. The molecule has 0 bridgehead atoms. The molecule has 1 fully saturated rings. The van der Waals surface area contributed by atoms with Crippen molar-refractivity contribution in [1.29, 1.82) is 0 Å². The van der Waals surface area contributed by atoms with Crippen molar-refractivity contribution in [3.8, 4) is 5.75 Å². The van der Waals surface area contributed by atoms with Crippen molar-refractivity contribution in [2.75, 3.05) is 50.9 Å². The maximum Gasteiger partial charge on any atom is 0.283 e. The Morgan fingerprint density at radius 2 is 1.71 bits per heavy atom. The number of hydrogen-bond acceptors (Lipinski definition) is 5. The number of hydrogen-bond donors (Lipinski definition) is 1. The summed E-state index contributed by atoms with van der Waals surface area (Å²) in [6, 6.07) is 17.7. The van der Waals surface area contributed by atoms with Crippen molar-refractivity contribution in [2.24, 2.45) is 0 Å². The normalized spacial score (nSPS) is 15.3.